The number of rotatable bonds is 6. The highest BCUT2D eigenvalue weighted by atomic mass is 32.1. The van der Waals surface area contributed by atoms with Gasteiger partial charge in [0.25, 0.3) is 0 Å². The molecule has 0 unspecified atom stereocenters. The molecule has 3 saturated heterocycles. The number of hydrogen-bond donors (Lipinski definition) is 2. The first-order valence-electron chi connectivity index (χ1n) is 14.1. The molecular weight excluding hydrogens is 480 g/mol. The fourth-order valence-corrected chi connectivity index (χ4v) is 6.30. The maximum atomic E-state index is 5.78. The molecule has 37 heavy (non-hydrogen) atoms. The molecule has 1 aromatic carbocycles. The van der Waals surface area contributed by atoms with Crippen LogP contribution in [0.4, 0.5) is 17.6 Å². The van der Waals surface area contributed by atoms with Crippen molar-refractivity contribution in [2.24, 2.45) is 5.92 Å². The second-order valence-corrected chi connectivity index (χ2v) is 11.6. The van der Waals surface area contributed by atoms with Crippen LogP contribution in [0.5, 0.6) is 0 Å². The van der Waals surface area contributed by atoms with Gasteiger partial charge in [-0.3, -0.25) is 0 Å². The van der Waals surface area contributed by atoms with E-state index in [9.17, 15) is 0 Å². The number of hydrogen-bond acceptors (Lipinski definition) is 6. The third-order valence-electron chi connectivity index (χ3n) is 8.43. The quantitative estimate of drug-likeness (QED) is 0.507. The van der Waals surface area contributed by atoms with E-state index >= 15 is 0 Å². The number of ether oxygens (including phenoxy) is 1. The smallest absolute Gasteiger partial charge is 0.232 e. The van der Waals surface area contributed by atoms with Gasteiger partial charge in [-0.15, -0.1) is 0 Å². The molecule has 3 aliphatic heterocycles. The van der Waals surface area contributed by atoms with Crippen LogP contribution < -0.4 is 20.4 Å². The Kier molecular flexibility index (Phi) is 8.45. The van der Waals surface area contributed by atoms with E-state index in [-0.39, 0.29) is 5.41 Å². The second kappa shape index (κ2) is 11.9. The highest BCUT2D eigenvalue weighted by Crippen LogP contribution is 2.34. The van der Waals surface area contributed by atoms with E-state index in [2.05, 4.69) is 70.7 Å². The molecule has 0 bridgehead atoms. The summed E-state index contributed by atoms with van der Waals surface area (Å²) in [6.07, 6.45) is 8.13. The highest BCUT2D eigenvalue weighted by molar-refractivity contribution is 7.80. The van der Waals surface area contributed by atoms with Crippen molar-refractivity contribution in [1.82, 2.24) is 15.3 Å². The van der Waals surface area contributed by atoms with E-state index < -0.39 is 0 Å². The van der Waals surface area contributed by atoms with Gasteiger partial charge in [-0.2, -0.15) is 9.97 Å². The van der Waals surface area contributed by atoms with Gasteiger partial charge >= 0.3 is 0 Å². The zero-order valence-electron chi connectivity index (χ0n) is 22.4. The summed E-state index contributed by atoms with van der Waals surface area (Å²) in [6, 6.07) is 13.4. The summed E-state index contributed by atoms with van der Waals surface area (Å²) in [6.45, 7) is 10.1. The predicted octanol–water partition coefficient (Wildman–Crippen LogP) is 5.13. The zero-order valence-corrected chi connectivity index (χ0v) is 23.2. The van der Waals surface area contributed by atoms with E-state index in [1.807, 2.05) is 0 Å². The lowest BCUT2D eigenvalue weighted by Crippen LogP contribution is -2.45. The number of aromatic nitrogens is 2. The minimum absolute atomic E-state index is 0.00624. The minimum Gasteiger partial charge on any atom is -0.381 e. The van der Waals surface area contributed by atoms with Gasteiger partial charge in [-0.05, 0) is 75.6 Å². The Morgan fingerprint density at radius 2 is 1.81 bits per heavy atom. The van der Waals surface area contributed by atoms with E-state index in [0.717, 1.165) is 63.9 Å². The van der Waals surface area contributed by atoms with Crippen molar-refractivity contribution in [2.45, 2.75) is 70.3 Å². The molecule has 2 aromatic rings. The first kappa shape index (κ1) is 26.2. The van der Waals surface area contributed by atoms with Crippen LogP contribution in [0, 0.1) is 5.92 Å². The molecule has 0 radical (unpaired) electrons. The summed E-state index contributed by atoms with van der Waals surface area (Å²) in [5, 5.41) is 7.43. The van der Waals surface area contributed by atoms with E-state index in [1.54, 1.807) is 0 Å². The predicted molar refractivity (Wildman–Crippen MR) is 156 cm³/mol. The monoisotopic (exact) mass is 522 g/mol. The Bertz CT molecular complexity index is 1040. The van der Waals surface area contributed by atoms with Crippen LogP contribution in [0.1, 0.15) is 64.4 Å². The summed E-state index contributed by atoms with van der Waals surface area (Å²) in [5.74, 6) is 3.27. The topological polar surface area (TPSA) is 65.5 Å². The van der Waals surface area contributed by atoms with Crippen molar-refractivity contribution in [1.29, 1.82) is 0 Å². The molecule has 4 heterocycles. The average molecular weight is 523 g/mol. The molecule has 1 aromatic heterocycles. The van der Waals surface area contributed by atoms with Crippen molar-refractivity contribution < 1.29 is 4.74 Å². The lowest BCUT2D eigenvalue weighted by atomic mass is 9.74. The lowest BCUT2D eigenvalue weighted by Gasteiger charge is -2.38. The van der Waals surface area contributed by atoms with E-state index in [4.69, 9.17) is 26.9 Å². The summed E-state index contributed by atoms with van der Waals surface area (Å²) >= 11 is 5.78. The Labute approximate surface area is 227 Å². The maximum Gasteiger partial charge on any atom is 0.232 e. The molecule has 0 spiro atoms. The minimum atomic E-state index is 0.00624. The number of nitrogens with one attached hydrogen (secondary N) is 2. The highest BCUT2D eigenvalue weighted by Gasteiger charge is 2.34. The molecule has 0 saturated carbocycles. The number of benzene rings is 1. The zero-order chi connectivity index (χ0) is 25.7. The number of piperidine rings is 2. The van der Waals surface area contributed by atoms with Crippen LogP contribution in [0.3, 0.4) is 0 Å². The van der Waals surface area contributed by atoms with Crippen molar-refractivity contribution in [3.63, 3.8) is 0 Å². The van der Waals surface area contributed by atoms with Gasteiger partial charge in [-0.1, -0.05) is 37.3 Å². The van der Waals surface area contributed by atoms with Crippen LogP contribution in [-0.4, -0.2) is 60.5 Å². The Morgan fingerprint density at radius 3 is 2.57 bits per heavy atom. The summed E-state index contributed by atoms with van der Waals surface area (Å²) in [4.78, 5) is 14.8. The van der Waals surface area contributed by atoms with Gasteiger partial charge in [-0.25, -0.2) is 0 Å². The van der Waals surface area contributed by atoms with Crippen LogP contribution in [0.2, 0.25) is 0 Å². The summed E-state index contributed by atoms with van der Waals surface area (Å²) < 4.78 is 5.70. The fourth-order valence-electron chi connectivity index (χ4n) is 6.14. The van der Waals surface area contributed by atoms with Crippen LogP contribution >= 0.6 is 12.2 Å². The normalized spacial score (nSPS) is 23.9. The fraction of sp³-hybridized carbons (Fsp3) is 0.621. The van der Waals surface area contributed by atoms with E-state index in [1.165, 1.54) is 37.7 Å². The summed E-state index contributed by atoms with van der Waals surface area (Å²) in [7, 11) is 0. The van der Waals surface area contributed by atoms with Gasteiger partial charge in [0.05, 0.1) is 0 Å². The Morgan fingerprint density at radius 1 is 1.03 bits per heavy atom. The molecule has 3 fully saturated rings. The second-order valence-electron chi connectivity index (χ2n) is 11.2. The van der Waals surface area contributed by atoms with Gasteiger partial charge in [0.15, 0.2) is 5.11 Å². The molecule has 7 nitrogen and oxygen atoms in total. The lowest BCUT2D eigenvalue weighted by molar-refractivity contribution is 0.0515. The third kappa shape index (κ3) is 6.34. The molecule has 200 valence electrons. The van der Waals surface area contributed by atoms with Gasteiger partial charge in [0.1, 0.15) is 11.6 Å². The van der Waals surface area contributed by atoms with Crippen LogP contribution in [0.25, 0.3) is 0 Å². The largest absolute Gasteiger partial charge is 0.381 e. The molecule has 2 N–H and O–H groups in total. The van der Waals surface area contributed by atoms with Gasteiger partial charge < -0.3 is 25.2 Å². The number of anilines is 3. The van der Waals surface area contributed by atoms with Crippen molar-refractivity contribution in [3.8, 4) is 0 Å². The maximum absolute atomic E-state index is 5.78. The standard InChI is InChI=1S/C29H42N6OS/c1-22-9-8-15-34(20-22)25-19-26(35-16-7-6-10-23(35)2)32-27(31-25)33-28(37)30-21-29(13-17-36-18-14-29)24-11-4-3-5-12-24/h3-5,11-12,19,22-23H,6-10,13-18,20-21H2,1-2H3,(H2,30,31,32,33,37)/t22-,23-/m1/s1. The number of nitrogens with zero attached hydrogens (tertiary/aromatic N) is 4. The van der Waals surface area contributed by atoms with Crippen molar-refractivity contribution >= 4 is 34.9 Å². The first-order valence-corrected chi connectivity index (χ1v) is 14.5. The molecule has 5 rings (SSSR count). The molecular formula is C29H42N6OS. The van der Waals surface area contributed by atoms with Crippen LogP contribution in [0.15, 0.2) is 36.4 Å². The van der Waals surface area contributed by atoms with E-state index in [0.29, 0.717) is 23.0 Å². The average Bonchev–Trinajstić information content (AvgIpc) is 2.93. The SMILES string of the molecule is C[C@@H]1CCCN(c2cc(N3CCCC[C@H]3C)nc(NC(=S)NCC3(c4ccccc4)CCOCC3)n2)C1. The van der Waals surface area contributed by atoms with Crippen LogP contribution in [-0.2, 0) is 10.2 Å². The molecule has 8 heteroatoms. The number of thiocarbonyl (C=S) groups is 1. The first-order chi connectivity index (χ1) is 18.0. The third-order valence-corrected chi connectivity index (χ3v) is 8.67. The molecule has 3 aliphatic rings. The van der Waals surface area contributed by atoms with Gasteiger partial charge in [0.2, 0.25) is 5.95 Å². The molecule has 0 aliphatic carbocycles. The molecule has 0 amide bonds. The molecule has 2 atom stereocenters. The Hall–Kier alpha value is -2.45. The van der Waals surface area contributed by atoms with Crippen molar-refractivity contribution in [3.05, 3.63) is 42.0 Å². The summed E-state index contributed by atoms with van der Waals surface area (Å²) in [5.41, 5.74) is 1.35. The van der Waals surface area contributed by atoms with Gasteiger partial charge in [0, 0.05) is 56.9 Å². The Balaban J connectivity index is 1.34. The van der Waals surface area contributed by atoms with Crippen molar-refractivity contribution in [2.75, 3.05) is 54.5 Å².